The Morgan fingerprint density at radius 2 is 1.95 bits per heavy atom. The lowest BCUT2D eigenvalue weighted by atomic mass is 10.2. The number of ether oxygens (including phenoxy) is 1. The average Bonchev–Trinajstić information content (AvgIpc) is 2.90. The van der Waals surface area contributed by atoms with Crippen molar-refractivity contribution < 1.29 is 9.13 Å². The molecule has 0 spiro atoms. The summed E-state index contributed by atoms with van der Waals surface area (Å²) in [6.45, 7) is 0. The molecule has 106 valence electrons. The molecule has 3 rings (SSSR count). The number of benzene rings is 2. The summed E-state index contributed by atoms with van der Waals surface area (Å²) in [5, 5.41) is 6.90. The number of aromatic amines is 1. The molecule has 0 aliphatic rings. The van der Waals surface area contributed by atoms with Crippen LogP contribution in [-0.2, 0) is 0 Å². The Kier molecular flexibility index (Phi) is 3.53. The fourth-order valence-corrected chi connectivity index (χ4v) is 2.32. The van der Waals surface area contributed by atoms with E-state index in [0.717, 1.165) is 5.56 Å². The molecule has 1 N–H and O–H groups in total. The zero-order valence-corrected chi connectivity index (χ0v) is 12.0. The second-order valence-electron chi connectivity index (χ2n) is 4.37. The number of halogens is 1. The van der Waals surface area contributed by atoms with E-state index in [9.17, 15) is 4.39 Å². The van der Waals surface area contributed by atoms with Gasteiger partial charge in [-0.25, -0.2) is 4.39 Å². The smallest absolute Gasteiger partial charge is 0.200 e. The van der Waals surface area contributed by atoms with Gasteiger partial charge >= 0.3 is 0 Å². The van der Waals surface area contributed by atoms with E-state index in [-0.39, 0.29) is 0 Å². The number of aromatic nitrogens is 3. The number of hydrogen-bond acceptors (Lipinski definition) is 3. The lowest BCUT2D eigenvalue weighted by molar-refractivity contribution is 0.413. The fraction of sp³-hybridized carbons (Fsp3) is 0.0667. The fourth-order valence-electron chi connectivity index (χ4n) is 2.09. The summed E-state index contributed by atoms with van der Waals surface area (Å²) in [4.78, 5) is 0. The van der Waals surface area contributed by atoms with E-state index in [0.29, 0.717) is 22.0 Å². The molecule has 0 bridgehead atoms. The molecule has 0 atom stereocenters. The van der Waals surface area contributed by atoms with Gasteiger partial charge in [0.05, 0.1) is 12.8 Å². The molecule has 3 aromatic rings. The summed E-state index contributed by atoms with van der Waals surface area (Å²) in [5.74, 6) is 0.701. The van der Waals surface area contributed by atoms with Crippen LogP contribution in [0.5, 0.6) is 5.75 Å². The van der Waals surface area contributed by atoms with Crippen LogP contribution in [0.15, 0.2) is 48.5 Å². The third-order valence-corrected chi connectivity index (χ3v) is 3.37. The van der Waals surface area contributed by atoms with Crippen LogP contribution in [0.2, 0.25) is 0 Å². The topological polar surface area (TPSA) is 42.8 Å². The van der Waals surface area contributed by atoms with Gasteiger partial charge < -0.3 is 4.74 Å². The van der Waals surface area contributed by atoms with E-state index >= 15 is 0 Å². The second-order valence-corrected chi connectivity index (χ2v) is 4.76. The van der Waals surface area contributed by atoms with Gasteiger partial charge in [0.1, 0.15) is 11.6 Å². The molecule has 1 aromatic heterocycles. The first kappa shape index (κ1) is 13.5. The minimum atomic E-state index is -0.398. The van der Waals surface area contributed by atoms with Crippen molar-refractivity contribution in [2.75, 3.05) is 7.11 Å². The molecule has 0 saturated heterocycles. The highest BCUT2D eigenvalue weighted by atomic mass is 32.1. The van der Waals surface area contributed by atoms with Crippen molar-refractivity contribution in [2.24, 2.45) is 0 Å². The minimum absolute atomic E-state index is 0.298. The van der Waals surface area contributed by atoms with Crippen LogP contribution in [0.25, 0.3) is 17.1 Å². The number of H-pyrrole nitrogens is 1. The van der Waals surface area contributed by atoms with Crippen molar-refractivity contribution >= 4 is 12.2 Å². The summed E-state index contributed by atoms with van der Waals surface area (Å²) in [5.41, 5.74) is 1.14. The third kappa shape index (κ3) is 2.45. The summed E-state index contributed by atoms with van der Waals surface area (Å²) in [6.07, 6.45) is 0. The summed E-state index contributed by atoms with van der Waals surface area (Å²) in [7, 11) is 1.53. The maximum atomic E-state index is 14.2. The summed E-state index contributed by atoms with van der Waals surface area (Å²) >= 11 is 5.23. The SMILES string of the molecule is COc1ccc(F)c(-n2c(-c3ccccc3)n[nH]c2=S)c1. The average molecular weight is 301 g/mol. The molecule has 0 fully saturated rings. The zero-order valence-electron chi connectivity index (χ0n) is 11.2. The Balaban J connectivity index is 2.25. The van der Waals surface area contributed by atoms with E-state index in [4.69, 9.17) is 17.0 Å². The number of rotatable bonds is 3. The van der Waals surface area contributed by atoms with Gasteiger partial charge in [-0.3, -0.25) is 9.67 Å². The van der Waals surface area contributed by atoms with Crippen molar-refractivity contribution in [1.29, 1.82) is 0 Å². The van der Waals surface area contributed by atoms with E-state index in [2.05, 4.69) is 10.2 Å². The first-order chi connectivity index (χ1) is 10.2. The van der Waals surface area contributed by atoms with Gasteiger partial charge in [-0.15, -0.1) is 0 Å². The van der Waals surface area contributed by atoms with E-state index in [1.807, 2.05) is 30.3 Å². The van der Waals surface area contributed by atoms with Crippen molar-refractivity contribution in [3.8, 4) is 22.8 Å². The van der Waals surface area contributed by atoms with Crippen LogP contribution < -0.4 is 4.74 Å². The van der Waals surface area contributed by atoms with Crippen molar-refractivity contribution in [1.82, 2.24) is 14.8 Å². The number of nitrogens with one attached hydrogen (secondary N) is 1. The quantitative estimate of drug-likeness (QED) is 0.749. The Morgan fingerprint density at radius 1 is 1.19 bits per heavy atom. The van der Waals surface area contributed by atoms with Crippen molar-refractivity contribution in [3.63, 3.8) is 0 Å². The maximum absolute atomic E-state index is 14.2. The van der Waals surface area contributed by atoms with Crippen LogP contribution in [0.1, 0.15) is 0 Å². The molecule has 1 heterocycles. The predicted octanol–water partition coefficient (Wildman–Crippen LogP) is 3.74. The molecule has 0 radical (unpaired) electrons. The van der Waals surface area contributed by atoms with E-state index in [1.54, 1.807) is 16.7 Å². The molecular weight excluding hydrogens is 289 g/mol. The molecule has 2 aromatic carbocycles. The first-order valence-corrected chi connectivity index (χ1v) is 6.68. The number of methoxy groups -OCH3 is 1. The molecular formula is C15H12FN3OS. The first-order valence-electron chi connectivity index (χ1n) is 6.27. The van der Waals surface area contributed by atoms with Gasteiger partial charge in [0.15, 0.2) is 10.6 Å². The van der Waals surface area contributed by atoms with Gasteiger partial charge in [-0.2, -0.15) is 5.10 Å². The molecule has 4 nitrogen and oxygen atoms in total. The molecule has 0 aliphatic heterocycles. The van der Waals surface area contributed by atoms with E-state index in [1.165, 1.54) is 13.2 Å². The lowest BCUT2D eigenvalue weighted by Crippen LogP contribution is -2.01. The lowest BCUT2D eigenvalue weighted by Gasteiger charge is -2.09. The van der Waals surface area contributed by atoms with Gasteiger partial charge in [0, 0.05) is 11.6 Å². The van der Waals surface area contributed by atoms with Crippen molar-refractivity contribution in [2.45, 2.75) is 0 Å². The molecule has 0 unspecified atom stereocenters. The normalized spacial score (nSPS) is 10.6. The minimum Gasteiger partial charge on any atom is -0.497 e. The molecule has 0 saturated carbocycles. The third-order valence-electron chi connectivity index (χ3n) is 3.10. The largest absolute Gasteiger partial charge is 0.497 e. The van der Waals surface area contributed by atoms with Crippen molar-refractivity contribution in [3.05, 3.63) is 59.1 Å². The summed E-state index contributed by atoms with van der Waals surface area (Å²) < 4.78 is 21.2. The predicted molar refractivity (Wildman–Crippen MR) is 80.7 cm³/mol. The Hall–Kier alpha value is -2.47. The Labute approximate surface area is 125 Å². The highest BCUT2D eigenvalue weighted by molar-refractivity contribution is 7.71. The maximum Gasteiger partial charge on any atom is 0.200 e. The van der Waals surface area contributed by atoms with Gasteiger partial charge in [-0.05, 0) is 24.4 Å². The van der Waals surface area contributed by atoms with Crippen LogP contribution in [0, 0.1) is 10.6 Å². The van der Waals surface area contributed by atoms with E-state index < -0.39 is 5.82 Å². The van der Waals surface area contributed by atoms with Crippen LogP contribution >= 0.6 is 12.2 Å². The molecule has 0 aliphatic carbocycles. The monoisotopic (exact) mass is 301 g/mol. The molecule has 21 heavy (non-hydrogen) atoms. The van der Waals surface area contributed by atoms with Gasteiger partial charge in [-0.1, -0.05) is 30.3 Å². The second kappa shape index (κ2) is 5.49. The molecule has 0 amide bonds. The standard InChI is InChI=1S/C15H12FN3OS/c1-20-11-7-8-12(16)13(9-11)19-14(17-18-15(19)21)10-5-3-2-4-6-10/h2-9H,1H3,(H,18,21). The van der Waals surface area contributed by atoms with Crippen LogP contribution in [0.4, 0.5) is 4.39 Å². The molecule has 6 heteroatoms. The van der Waals surface area contributed by atoms with Crippen LogP contribution in [-0.4, -0.2) is 21.9 Å². The highest BCUT2D eigenvalue weighted by Crippen LogP contribution is 2.25. The summed E-state index contributed by atoms with van der Waals surface area (Å²) in [6, 6.07) is 14.0. The number of hydrogen-bond donors (Lipinski definition) is 1. The van der Waals surface area contributed by atoms with Gasteiger partial charge in [0.25, 0.3) is 0 Å². The van der Waals surface area contributed by atoms with Crippen LogP contribution in [0.3, 0.4) is 0 Å². The number of nitrogens with zero attached hydrogens (tertiary/aromatic N) is 2. The Morgan fingerprint density at radius 3 is 2.67 bits per heavy atom. The highest BCUT2D eigenvalue weighted by Gasteiger charge is 2.14. The van der Waals surface area contributed by atoms with Gasteiger partial charge in [0.2, 0.25) is 0 Å². The zero-order chi connectivity index (χ0) is 14.8. The Bertz CT molecular complexity index is 826.